The number of nitrogens with one attached hydrogen (secondary N) is 1. The van der Waals surface area contributed by atoms with E-state index in [0.717, 1.165) is 35.3 Å². The van der Waals surface area contributed by atoms with Crippen LogP contribution in [-0.2, 0) is 0 Å². The number of anilines is 1. The normalized spacial score (nSPS) is 13.6. The molecular formula is C25H25N3O4S. The van der Waals surface area contributed by atoms with Crippen LogP contribution in [0.25, 0.3) is 10.4 Å². The summed E-state index contributed by atoms with van der Waals surface area (Å²) >= 11 is 1.32. The molecular weight excluding hydrogens is 438 g/mol. The van der Waals surface area contributed by atoms with E-state index in [0.29, 0.717) is 29.2 Å². The lowest BCUT2D eigenvalue weighted by Crippen LogP contribution is -2.36. The van der Waals surface area contributed by atoms with Gasteiger partial charge in [0.05, 0.1) is 10.5 Å². The van der Waals surface area contributed by atoms with Crippen molar-refractivity contribution < 1.29 is 14.5 Å². The van der Waals surface area contributed by atoms with Gasteiger partial charge >= 0.3 is 0 Å². The quantitative estimate of drug-likeness (QED) is 0.381. The zero-order valence-corrected chi connectivity index (χ0v) is 19.4. The van der Waals surface area contributed by atoms with Gasteiger partial charge in [-0.1, -0.05) is 42.5 Å². The second-order valence-corrected chi connectivity index (χ2v) is 9.18. The van der Waals surface area contributed by atoms with Crippen LogP contribution in [0.3, 0.4) is 0 Å². The predicted molar refractivity (Wildman–Crippen MR) is 130 cm³/mol. The maximum atomic E-state index is 13.5. The summed E-state index contributed by atoms with van der Waals surface area (Å²) in [6, 6.07) is 14.4. The summed E-state index contributed by atoms with van der Waals surface area (Å²) in [4.78, 5) is 40.4. The molecule has 0 radical (unpaired) electrons. The summed E-state index contributed by atoms with van der Waals surface area (Å²) in [6.07, 6.45) is 3.01. The molecule has 3 aromatic rings. The van der Waals surface area contributed by atoms with Crippen molar-refractivity contribution in [2.24, 2.45) is 0 Å². The summed E-state index contributed by atoms with van der Waals surface area (Å²) in [7, 11) is 0. The molecule has 0 bridgehead atoms. The molecule has 1 saturated heterocycles. The Morgan fingerprint density at radius 1 is 1.00 bits per heavy atom. The number of nitro groups is 1. The maximum absolute atomic E-state index is 13.5. The second kappa shape index (κ2) is 9.54. The molecule has 33 heavy (non-hydrogen) atoms. The lowest BCUT2D eigenvalue weighted by Gasteiger charge is -2.27. The molecule has 1 fully saturated rings. The van der Waals surface area contributed by atoms with E-state index < -0.39 is 10.8 Å². The lowest BCUT2D eigenvalue weighted by atomic mass is 10.0. The molecule has 4 rings (SSSR count). The Bertz CT molecular complexity index is 1210. The third-order valence-electron chi connectivity index (χ3n) is 5.93. The predicted octanol–water partition coefficient (Wildman–Crippen LogP) is 5.82. The Morgan fingerprint density at radius 3 is 2.36 bits per heavy atom. The van der Waals surface area contributed by atoms with Crippen molar-refractivity contribution in [1.82, 2.24) is 4.90 Å². The van der Waals surface area contributed by atoms with Crippen LogP contribution < -0.4 is 5.32 Å². The van der Waals surface area contributed by atoms with E-state index in [2.05, 4.69) is 5.32 Å². The first-order valence-electron chi connectivity index (χ1n) is 10.9. The van der Waals surface area contributed by atoms with Crippen LogP contribution >= 0.6 is 11.3 Å². The molecule has 0 saturated carbocycles. The fraction of sp³-hybridized carbons (Fsp3) is 0.280. The van der Waals surface area contributed by atoms with Gasteiger partial charge in [0.25, 0.3) is 17.5 Å². The molecule has 8 heteroatoms. The Morgan fingerprint density at radius 2 is 1.70 bits per heavy atom. The molecule has 1 aromatic heterocycles. The smallest absolute Gasteiger partial charge is 0.285 e. The fourth-order valence-corrected chi connectivity index (χ4v) is 5.43. The number of hydrogen-bond acceptors (Lipinski definition) is 5. The standard InChI is InChI=1S/C25H25N3O4S/c1-16-10-9-13-19(21(16)28(31)32)23(29)26-24-20(25(30)27-14-7-4-8-15-27)17(2)22(33-24)18-11-5-3-6-12-18/h3,5-6,9-13H,4,7-8,14-15H2,1-2H3,(H,26,29). The first kappa shape index (κ1) is 22.7. The highest BCUT2D eigenvalue weighted by molar-refractivity contribution is 7.20. The Hall–Kier alpha value is -3.52. The molecule has 1 N–H and O–H groups in total. The van der Waals surface area contributed by atoms with Gasteiger partial charge in [0.15, 0.2) is 0 Å². The van der Waals surface area contributed by atoms with Gasteiger partial charge in [-0.25, -0.2) is 0 Å². The summed E-state index contributed by atoms with van der Waals surface area (Å²) in [6.45, 7) is 4.86. The number of carbonyl (C=O) groups is 2. The van der Waals surface area contributed by atoms with Crippen molar-refractivity contribution in [2.45, 2.75) is 33.1 Å². The van der Waals surface area contributed by atoms with Crippen LogP contribution in [0, 0.1) is 24.0 Å². The fourth-order valence-electron chi connectivity index (χ4n) is 4.23. The van der Waals surface area contributed by atoms with Crippen molar-refractivity contribution >= 4 is 33.8 Å². The number of aryl methyl sites for hydroxylation is 1. The monoisotopic (exact) mass is 463 g/mol. The van der Waals surface area contributed by atoms with Crippen molar-refractivity contribution in [3.63, 3.8) is 0 Å². The summed E-state index contributed by atoms with van der Waals surface area (Å²) < 4.78 is 0. The SMILES string of the molecule is Cc1cccc(C(=O)Nc2sc(-c3ccccc3)c(C)c2C(=O)N2CCCCC2)c1[N+](=O)[O-]. The van der Waals surface area contributed by atoms with Crippen LogP contribution in [0.2, 0.25) is 0 Å². The van der Waals surface area contributed by atoms with E-state index in [9.17, 15) is 19.7 Å². The number of benzene rings is 2. The average molecular weight is 464 g/mol. The molecule has 0 atom stereocenters. The van der Waals surface area contributed by atoms with Crippen LogP contribution in [0.15, 0.2) is 48.5 Å². The molecule has 2 aromatic carbocycles. The number of para-hydroxylation sites is 1. The maximum Gasteiger partial charge on any atom is 0.285 e. The molecule has 0 aliphatic carbocycles. The van der Waals surface area contributed by atoms with Gasteiger partial charge in [0.2, 0.25) is 0 Å². The topological polar surface area (TPSA) is 92.6 Å². The van der Waals surface area contributed by atoms with Crippen LogP contribution in [0.1, 0.15) is 51.1 Å². The molecule has 1 aliphatic rings. The van der Waals surface area contributed by atoms with E-state index in [4.69, 9.17) is 0 Å². The van der Waals surface area contributed by atoms with E-state index in [1.165, 1.54) is 17.4 Å². The van der Waals surface area contributed by atoms with Gasteiger partial charge in [0, 0.05) is 23.5 Å². The molecule has 0 spiro atoms. The van der Waals surface area contributed by atoms with Crippen molar-refractivity contribution in [1.29, 1.82) is 0 Å². The minimum Gasteiger partial charge on any atom is -0.339 e. The summed E-state index contributed by atoms with van der Waals surface area (Å²) in [5, 5.41) is 14.8. The highest BCUT2D eigenvalue weighted by atomic mass is 32.1. The van der Waals surface area contributed by atoms with Crippen LogP contribution in [-0.4, -0.2) is 34.7 Å². The number of nitro benzene ring substituents is 1. The first-order valence-corrected chi connectivity index (χ1v) is 11.7. The van der Waals surface area contributed by atoms with Gasteiger partial charge in [0.1, 0.15) is 10.6 Å². The van der Waals surface area contributed by atoms with Crippen molar-refractivity contribution in [3.05, 3.63) is 80.9 Å². The number of hydrogen-bond donors (Lipinski definition) is 1. The third kappa shape index (κ3) is 4.52. The minimum absolute atomic E-state index is 0.0244. The van der Waals surface area contributed by atoms with E-state index in [-0.39, 0.29) is 17.2 Å². The highest BCUT2D eigenvalue weighted by Crippen LogP contribution is 2.41. The third-order valence-corrected chi connectivity index (χ3v) is 7.19. The summed E-state index contributed by atoms with van der Waals surface area (Å²) in [5.41, 5.74) is 2.37. The second-order valence-electron chi connectivity index (χ2n) is 8.16. The van der Waals surface area contributed by atoms with Crippen molar-refractivity contribution in [2.75, 3.05) is 18.4 Å². The van der Waals surface area contributed by atoms with Gasteiger partial charge in [-0.15, -0.1) is 11.3 Å². The van der Waals surface area contributed by atoms with Crippen LogP contribution in [0.4, 0.5) is 10.7 Å². The zero-order chi connectivity index (χ0) is 23.5. The first-order chi connectivity index (χ1) is 15.9. The number of rotatable bonds is 5. The van der Waals surface area contributed by atoms with E-state index >= 15 is 0 Å². The molecule has 170 valence electrons. The molecule has 1 aliphatic heterocycles. The van der Waals surface area contributed by atoms with E-state index in [1.54, 1.807) is 19.1 Å². The number of carbonyl (C=O) groups excluding carboxylic acids is 2. The molecule has 7 nitrogen and oxygen atoms in total. The minimum atomic E-state index is -0.598. The largest absolute Gasteiger partial charge is 0.339 e. The Kier molecular flexibility index (Phi) is 6.55. The van der Waals surface area contributed by atoms with Crippen LogP contribution in [0.5, 0.6) is 0 Å². The van der Waals surface area contributed by atoms with Gasteiger partial charge < -0.3 is 10.2 Å². The number of thiophene rings is 1. The molecule has 2 heterocycles. The van der Waals surface area contributed by atoms with Gasteiger partial charge in [-0.05, 0) is 50.3 Å². The van der Waals surface area contributed by atoms with E-state index in [1.807, 2.05) is 42.2 Å². The van der Waals surface area contributed by atoms with Gasteiger partial charge in [-0.3, -0.25) is 19.7 Å². The Labute approximate surface area is 196 Å². The Balaban J connectivity index is 1.77. The highest BCUT2D eigenvalue weighted by Gasteiger charge is 2.29. The number of amides is 2. The average Bonchev–Trinajstić information content (AvgIpc) is 3.14. The van der Waals surface area contributed by atoms with Gasteiger partial charge in [-0.2, -0.15) is 0 Å². The molecule has 0 unspecified atom stereocenters. The zero-order valence-electron chi connectivity index (χ0n) is 18.6. The van der Waals surface area contributed by atoms with Crippen molar-refractivity contribution in [3.8, 4) is 10.4 Å². The number of piperidine rings is 1. The number of nitrogens with zero attached hydrogens (tertiary/aromatic N) is 2. The number of likely N-dealkylation sites (tertiary alicyclic amines) is 1. The molecule has 2 amide bonds. The lowest BCUT2D eigenvalue weighted by molar-refractivity contribution is -0.385. The summed E-state index contributed by atoms with van der Waals surface area (Å²) in [5.74, 6) is -0.710.